The number of amides is 4. The lowest BCUT2D eigenvalue weighted by molar-refractivity contribution is -0.197. The van der Waals surface area contributed by atoms with Gasteiger partial charge in [0.15, 0.2) is 0 Å². The van der Waals surface area contributed by atoms with E-state index in [2.05, 4.69) is 10.6 Å². The smallest absolute Gasteiger partial charge is 0.333 e. The van der Waals surface area contributed by atoms with E-state index in [9.17, 15) is 28.8 Å². The Morgan fingerprint density at radius 3 is 1.94 bits per heavy atom. The number of carbonyl (C=O) groups excluding carboxylic acids is 6. The van der Waals surface area contributed by atoms with Crippen molar-refractivity contribution in [2.75, 3.05) is 7.11 Å². The van der Waals surface area contributed by atoms with Crippen LogP contribution in [0.25, 0.3) is 0 Å². The Bertz CT molecular complexity index is 723. The van der Waals surface area contributed by atoms with Gasteiger partial charge in [-0.1, -0.05) is 40.5 Å². The zero-order chi connectivity index (χ0) is 24.4. The van der Waals surface area contributed by atoms with E-state index in [0.717, 1.165) is 0 Å². The van der Waals surface area contributed by atoms with Crippen molar-refractivity contribution >= 4 is 35.6 Å². The number of methoxy groups -OCH3 is 1. The van der Waals surface area contributed by atoms with Gasteiger partial charge in [-0.3, -0.25) is 19.2 Å². The lowest BCUT2D eigenvalue weighted by Gasteiger charge is -2.28. The highest BCUT2D eigenvalue weighted by atomic mass is 16.7. The first-order valence-electron chi connectivity index (χ1n) is 10.8. The van der Waals surface area contributed by atoms with Crippen LogP contribution in [-0.4, -0.2) is 59.8 Å². The van der Waals surface area contributed by atoms with Gasteiger partial charge in [0.05, 0.1) is 13.5 Å². The molecule has 11 heteroatoms. The predicted octanol–water partition coefficient (Wildman–Crippen LogP) is 0.609. The Labute approximate surface area is 187 Å². The molecule has 0 unspecified atom stereocenters. The van der Waals surface area contributed by atoms with Crippen molar-refractivity contribution in [1.29, 1.82) is 0 Å². The highest BCUT2D eigenvalue weighted by molar-refractivity contribution is 6.01. The van der Waals surface area contributed by atoms with Crippen LogP contribution in [0.1, 0.15) is 66.2 Å². The average Bonchev–Trinajstić information content (AvgIpc) is 3.09. The quantitative estimate of drug-likeness (QED) is 0.321. The zero-order valence-electron chi connectivity index (χ0n) is 19.3. The van der Waals surface area contributed by atoms with Crippen molar-refractivity contribution in [3.63, 3.8) is 0 Å². The Balaban J connectivity index is 2.71. The van der Waals surface area contributed by atoms with E-state index in [1.807, 2.05) is 13.8 Å². The first kappa shape index (κ1) is 27.1. The molecule has 1 rings (SSSR count). The molecule has 0 aromatic rings. The Hall–Kier alpha value is -2.98. The van der Waals surface area contributed by atoms with Crippen molar-refractivity contribution in [3.05, 3.63) is 0 Å². The third-order valence-corrected chi connectivity index (χ3v) is 5.53. The largest absolute Gasteiger partial charge is 0.467 e. The number of carbonyl (C=O) groups is 6. The predicted molar refractivity (Wildman–Crippen MR) is 111 cm³/mol. The summed E-state index contributed by atoms with van der Waals surface area (Å²) in [5.74, 6) is -4.23. The van der Waals surface area contributed by atoms with Crippen LogP contribution in [-0.2, 0) is 38.3 Å². The molecular weight excluding hydrogens is 422 g/mol. The summed E-state index contributed by atoms with van der Waals surface area (Å²) in [6.07, 6.45) is 0.468. The van der Waals surface area contributed by atoms with Crippen molar-refractivity contribution in [1.82, 2.24) is 15.7 Å². The van der Waals surface area contributed by atoms with Crippen molar-refractivity contribution in [3.8, 4) is 0 Å². The van der Waals surface area contributed by atoms with Crippen LogP contribution in [0.3, 0.4) is 0 Å². The van der Waals surface area contributed by atoms with E-state index in [1.54, 1.807) is 13.8 Å². The summed E-state index contributed by atoms with van der Waals surface area (Å²) >= 11 is 0. The maximum Gasteiger partial charge on any atom is 0.333 e. The van der Waals surface area contributed by atoms with Gasteiger partial charge in [0.2, 0.25) is 11.8 Å². The third kappa shape index (κ3) is 7.61. The van der Waals surface area contributed by atoms with E-state index in [-0.39, 0.29) is 37.5 Å². The van der Waals surface area contributed by atoms with Crippen LogP contribution < -0.4 is 10.6 Å². The average molecular weight is 456 g/mol. The molecule has 0 radical (unpaired) electrons. The van der Waals surface area contributed by atoms with Gasteiger partial charge in [-0.2, -0.15) is 0 Å². The normalized spacial score (nSPS) is 17.2. The van der Waals surface area contributed by atoms with Gasteiger partial charge < -0.3 is 20.2 Å². The Morgan fingerprint density at radius 1 is 0.906 bits per heavy atom. The molecule has 4 amide bonds. The van der Waals surface area contributed by atoms with Crippen molar-refractivity contribution in [2.24, 2.45) is 11.8 Å². The molecule has 0 bridgehead atoms. The molecule has 11 nitrogen and oxygen atoms in total. The fourth-order valence-corrected chi connectivity index (χ4v) is 3.01. The van der Waals surface area contributed by atoms with E-state index < -0.39 is 47.7 Å². The van der Waals surface area contributed by atoms with Crippen LogP contribution in [0.5, 0.6) is 0 Å². The summed E-state index contributed by atoms with van der Waals surface area (Å²) < 4.78 is 4.77. The van der Waals surface area contributed by atoms with Crippen LogP contribution in [0.4, 0.5) is 0 Å². The standard InChI is InChI=1S/C21H33N3O8/c1-6-12(3)18(20(29)23-19(13(4)7-2)21(30)31-5)22-14(25)8-11-17(28)32-24-15(26)9-10-16(24)27/h12-13,18-19H,6-11H2,1-5H3,(H,22,25)(H,23,29)/t12-,13-,18-,19-/m0/s1. The minimum absolute atomic E-state index is 0.0263. The van der Waals surface area contributed by atoms with Gasteiger partial charge in [0.1, 0.15) is 12.1 Å². The molecule has 0 aromatic carbocycles. The molecule has 180 valence electrons. The zero-order valence-corrected chi connectivity index (χ0v) is 19.3. The second-order valence-electron chi connectivity index (χ2n) is 7.87. The molecule has 32 heavy (non-hydrogen) atoms. The van der Waals surface area contributed by atoms with Crippen LogP contribution in [0.2, 0.25) is 0 Å². The fourth-order valence-electron chi connectivity index (χ4n) is 3.01. The SMILES string of the molecule is CC[C@H](C)[C@H](NC(=O)CCC(=O)ON1C(=O)CCC1=O)C(=O)N[C@H](C(=O)OC)[C@@H](C)CC. The molecular formula is C21H33N3O8. The number of nitrogens with zero attached hydrogens (tertiary/aromatic N) is 1. The number of hydrogen-bond acceptors (Lipinski definition) is 8. The molecule has 2 N–H and O–H groups in total. The fraction of sp³-hybridized carbons (Fsp3) is 0.714. The number of hydroxylamine groups is 2. The summed E-state index contributed by atoms with van der Waals surface area (Å²) in [5.41, 5.74) is 0. The highest BCUT2D eigenvalue weighted by Gasteiger charge is 2.34. The summed E-state index contributed by atoms with van der Waals surface area (Å²) in [5, 5.41) is 5.67. The van der Waals surface area contributed by atoms with Crippen LogP contribution in [0.15, 0.2) is 0 Å². The molecule has 4 atom stereocenters. The number of ether oxygens (including phenoxy) is 1. The molecule has 0 saturated carbocycles. The maximum atomic E-state index is 12.9. The number of nitrogens with one attached hydrogen (secondary N) is 2. The summed E-state index contributed by atoms with van der Waals surface area (Å²) in [7, 11) is 1.24. The molecule has 0 spiro atoms. The van der Waals surface area contributed by atoms with Gasteiger partial charge >= 0.3 is 11.9 Å². The first-order valence-corrected chi connectivity index (χ1v) is 10.8. The van der Waals surface area contributed by atoms with Crippen molar-refractivity contribution < 1.29 is 38.3 Å². The number of esters is 1. The summed E-state index contributed by atoms with van der Waals surface area (Å²) in [4.78, 5) is 76.9. The lowest BCUT2D eigenvalue weighted by atomic mass is 9.95. The minimum Gasteiger partial charge on any atom is -0.467 e. The lowest BCUT2D eigenvalue weighted by Crippen LogP contribution is -2.55. The summed E-state index contributed by atoms with van der Waals surface area (Å²) in [6.45, 7) is 7.31. The first-order chi connectivity index (χ1) is 15.0. The molecule has 1 fully saturated rings. The molecule has 1 aliphatic heterocycles. The van der Waals surface area contributed by atoms with E-state index in [4.69, 9.17) is 9.57 Å². The third-order valence-electron chi connectivity index (χ3n) is 5.53. The second kappa shape index (κ2) is 12.8. The van der Waals surface area contributed by atoms with E-state index in [1.165, 1.54) is 7.11 Å². The molecule has 0 aliphatic carbocycles. The Kier molecular flexibility index (Phi) is 10.8. The van der Waals surface area contributed by atoms with E-state index in [0.29, 0.717) is 17.9 Å². The second-order valence-corrected chi connectivity index (χ2v) is 7.87. The van der Waals surface area contributed by atoms with E-state index >= 15 is 0 Å². The van der Waals surface area contributed by atoms with Crippen molar-refractivity contribution in [2.45, 2.75) is 78.3 Å². The topological polar surface area (TPSA) is 148 Å². The Morgan fingerprint density at radius 2 is 1.44 bits per heavy atom. The molecule has 1 saturated heterocycles. The molecule has 0 aromatic heterocycles. The van der Waals surface area contributed by atoms with Gasteiger partial charge in [-0.15, -0.1) is 5.06 Å². The number of hydrogen-bond donors (Lipinski definition) is 2. The van der Waals surface area contributed by atoms with Gasteiger partial charge in [0, 0.05) is 19.3 Å². The van der Waals surface area contributed by atoms with Gasteiger partial charge in [0.25, 0.3) is 11.8 Å². The van der Waals surface area contributed by atoms with Crippen LogP contribution >= 0.6 is 0 Å². The number of rotatable bonds is 12. The molecule has 1 aliphatic rings. The minimum atomic E-state index is -0.929. The van der Waals surface area contributed by atoms with Crippen LogP contribution in [0, 0.1) is 11.8 Å². The monoisotopic (exact) mass is 455 g/mol. The van der Waals surface area contributed by atoms with Gasteiger partial charge in [-0.05, 0) is 11.8 Å². The summed E-state index contributed by atoms with van der Waals surface area (Å²) in [6, 6.07) is -1.78. The number of imide groups is 1. The maximum absolute atomic E-state index is 12.9. The van der Waals surface area contributed by atoms with Gasteiger partial charge in [-0.25, -0.2) is 9.59 Å². The molecule has 1 heterocycles. The highest BCUT2D eigenvalue weighted by Crippen LogP contribution is 2.14.